The molecule has 0 aliphatic heterocycles. The Hall–Kier alpha value is -0.610. The van der Waals surface area contributed by atoms with Gasteiger partial charge in [0.1, 0.15) is 5.82 Å². The van der Waals surface area contributed by atoms with Crippen molar-refractivity contribution in [1.29, 1.82) is 0 Å². The number of likely N-dealkylation sites (N-methyl/N-ethyl adjacent to an activating group) is 1. The number of hydrogen-bond donors (Lipinski definition) is 1. The minimum atomic E-state index is 0.158. The molecule has 2 N–H and O–H groups in total. The van der Waals surface area contributed by atoms with Crippen molar-refractivity contribution in [2.75, 3.05) is 18.5 Å². The lowest BCUT2D eigenvalue weighted by molar-refractivity contribution is 0.711. The van der Waals surface area contributed by atoms with E-state index in [0.717, 1.165) is 16.8 Å². The molecule has 1 aromatic heterocycles. The first-order chi connectivity index (χ1) is 6.50. The molecular formula is C10H16BrN3. The Morgan fingerprint density at radius 1 is 1.64 bits per heavy atom. The summed E-state index contributed by atoms with van der Waals surface area (Å²) in [5.74, 6) is 0.961. The maximum Gasteiger partial charge on any atom is 0.128 e. The molecule has 0 aliphatic carbocycles. The van der Waals surface area contributed by atoms with Crippen LogP contribution in [0.25, 0.3) is 0 Å². The summed E-state index contributed by atoms with van der Waals surface area (Å²) in [5.41, 5.74) is 6.91. The zero-order chi connectivity index (χ0) is 10.7. The monoisotopic (exact) mass is 257 g/mol. The van der Waals surface area contributed by atoms with Crippen molar-refractivity contribution >= 4 is 21.7 Å². The molecule has 0 saturated heterocycles. The Morgan fingerprint density at radius 2 is 2.29 bits per heavy atom. The van der Waals surface area contributed by atoms with Crippen LogP contribution in [0.4, 0.5) is 5.82 Å². The fourth-order valence-corrected chi connectivity index (χ4v) is 1.48. The number of anilines is 1. The lowest BCUT2D eigenvalue weighted by Crippen LogP contribution is -2.33. The van der Waals surface area contributed by atoms with Crippen LogP contribution >= 0.6 is 15.9 Å². The standard InChI is InChI=1S/C10H16BrN3/c1-7-4-10(13-5-9(7)11)14(3)6-8(2)12/h4-5,8H,6,12H2,1-3H3. The first-order valence-corrected chi connectivity index (χ1v) is 5.39. The highest BCUT2D eigenvalue weighted by atomic mass is 79.9. The van der Waals surface area contributed by atoms with Crippen molar-refractivity contribution in [3.8, 4) is 0 Å². The van der Waals surface area contributed by atoms with Gasteiger partial charge < -0.3 is 10.6 Å². The van der Waals surface area contributed by atoms with E-state index in [-0.39, 0.29) is 6.04 Å². The smallest absolute Gasteiger partial charge is 0.128 e. The second kappa shape index (κ2) is 4.75. The summed E-state index contributed by atoms with van der Waals surface area (Å²) in [4.78, 5) is 6.38. The molecule has 3 nitrogen and oxygen atoms in total. The number of nitrogens with zero attached hydrogens (tertiary/aromatic N) is 2. The molecule has 0 bridgehead atoms. The number of aromatic nitrogens is 1. The van der Waals surface area contributed by atoms with Gasteiger partial charge in [-0.15, -0.1) is 0 Å². The average Bonchev–Trinajstić information content (AvgIpc) is 2.08. The van der Waals surface area contributed by atoms with Crippen LogP contribution in [0, 0.1) is 6.92 Å². The van der Waals surface area contributed by atoms with Gasteiger partial charge in [0, 0.05) is 30.3 Å². The molecular weight excluding hydrogens is 242 g/mol. The van der Waals surface area contributed by atoms with Crippen LogP contribution in [0.1, 0.15) is 12.5 Å². The fraction of sp³-hybridized carbons (Fsp3) is 0.500. The Labute approximate surface area is 93.4 Å². The van der Waals surface area contributed by atoms with Crippen LogP contribution in [0.15, 0.2) is 16.7 Å². The molecule has 78 valence electrons. The highest BCUT2D eigenvalue weighted by Crippen LogP contribution is 2.19. The van der Waals surface area contributed by atoms with Gasteiger partial charge in [-0.2, -0.15) is 0 Å². The zero-order valence-corrected chi connectivity index (χ0v) is 10.4. The van der Waals surface area contributed by atoms with Crippen LogP contribution in [-0.2, 0) is 0 Å². The molecule has 1 heterocycles. The van der Waals surface area contributed by atoms with Crippen molar-refractivity contribution < 1.29 is 0 Å². The van der Waals surface area contributed by atoms with Crippen molar-refractivity contribution in [2.45, 2.75) is 19.9 Å². The van der Waals surface area contributed by atoms with Gasteiger partial charge in [-0.05, 0) is 41.4 Å². The van der Waals surface area contributed by atoms with Gasteiger partial charge in [0.25, 0.3) is 0 Å². The van der Waals surface area contributed by atoms with E-state index < -0.39 is 0 Å². The van der Waals surface area contributed by atoms with Gasteiger partial charge in [-0.1, -0.05) is 0 Å². The molecule has 0 amide bonds. The van der Waals surface area contributed by atoms with E-state index in [2.05, 4.69) is 32.7 Å². The minimum absolute atomic E-state index is 0.158. The molecule has 1 aromatic rings. The molecule has 0 aromatic carbocycles. The number of pyridine rings is 1. The van der Waals surface area contributed by atoms with E-state index in [9.17, 15) is 0 Å². The van der Waals surface area contributed by atoms with E-state index in [4.69, 9.17) is 5.73 Å². The van der Waals surface area contributed by atoms with E-state index in [0.29, 0.717) is 0 Å². The Kier molecular flexibility index (Phi) is 3.89. The molecule has 4 heteroatoms. The normalized spacial score (nSPS) is 12.6. The van der Waals surface area contributed by atoms with Crippen molar-refractivity contribution in [3.05, 3.63) is 22.3 Å². The van der Waals surface area contributed by atoms with E-state index in [1.54, 1.807) is 0 Å². The summed E-state index contributed by atoms with van der Waals surface area (Å²) >= 11 is 3.42. The second-order valence-corrected chi connectivity index (χ2v) is 4.50. The predicted octanol–water partition coefficient (Wildman–Crippen LogP) is 1.94. The van der Waals surface area contributed by atoms with E-state index in [1.165, 1.54) is 5.56 Å². The van der Waals surface area contributed by atoms with Gasteiger partial charge in [-0.3, -0.25) is 0 Å². The number of rotatable bonds is 3. The van der Waals surface area contributed by atoms with Crippen molar-refractivity contribution in [1.82, 2.24) is 4.98 Å². The first kappa shape index (κ1) is 11.5. The second-order valence-electron chi connectivity index (χ2n) is 3.65. The van der Waals surface area contributed by atoms with Crippen molar-refractivity contribution in [2.24, 2.45) is 5.73 Å². The average molecular weight is 258 g/mol. The largest absolute Gasteiger partial charge is 0.358 e. The quantitative estimate of drug-likeness (QED) is 0.900. The van der Waals surface area contributed by atoms with Crippen LogP contribution in [0.2, 0.25) is 0 Å². The number of aryl methyl sites for hydroxylation is 1. The fourth-order valence-electron chi connectivity index (χ4n) is 1.26. The summed E-state index contributed by atoms with van der Waals surface area (Å²) in [7, 11) is 2.00. The highest BCUT2D eigenvalue weighted by molar-refractivity contribution is 9.10. The number of hydrogen-bond acceptors (Lipinski definition) is 3. The lowest BCUT2D eigenvalue weighted by atomic mass is 10.3. The summed E-state index contributed by atoms with van der Waals surface area (Å²) in [5, 5.41) is 0. The minimum Gasteiger partial charge on any atom is -0.358 e. The van der Waals surface area contributed by atoms with Gasteiger partial charge in [0.15, 0.2) is 0 Å². The number of nitrogens with two attached hydrogens (primary N) is 1. The molecule has 0 spiro atoms. The molecule has 1 unspecified atom stereocenters. The van der Waals surface area contributed by atoms with E-state index >= 15 is 0 Å². The molecule has 14 heavy (non-hydrogen) atoms. The maximum atomic E-state index is 5.72. The molecule has 1 atom stereocenters. The van der Waals surface area contributed by atoms with Gasteiger partial charge in [0.05, 0.1) is 0 Å². The third kappa shape index (κ3) is 2.96. The summed E-state index contributed by atoms with van der Waals surface area (Å²) in [6, 6.07) is 2.21. The van der Waals surface area contributed by atoms with Crippen LogP contribution < -0.4 is 10.6 Å². The topological polar surface area (TPSA) is 42.1 Å². The van der Waals surface area contributed by atoms with E-state index in [1.807, 2.05) is 26.2 Å². The SMILES string of the molecule is Cc1cc(N(C)CC(C)N)ncc1Br. The van der Waals surface area contributed by atoms with Crippen LogP contribution in [0.3, 0.4) is 0 Å². The van der Waals surface area contributed by atoms with Gasteiger partial charge in [0.2, 0.25) is 0 Å². The lowest BCUT2D eigenvalue weighted by Gasteiger charge is -2.20. The third-order valence-electron chi connectivity index (χ3n) is 1.99. The highest BCUT2D eigenvalue weighted by Gasteiger charge is 2.05. The number of halogens is 1. The zero-order valence-electron chi connectivity index (χ0n) is 8.79. The summed E-state index contributed by atoms with van der Waals surface area (Å²) in [6.45, 7) is 4.85. The Bertz CT molecular complexity index is 312. The molecule has 0 saturated carbocycles. The third-order valence-corrected chi connectivity index (χ3v) is 2.82. The van der Waals surface area contributed by atoms with Gasteiger partial charge in [-0.25, -0.2) is 4.98 Å². The summed E-state index contributed by atoms with van der Waals surface area (Å²) < 4.78 is 1.04. The molecule has 0 fully saturated rings. The van der Waals surface area contributed by atoms with Crippen LogP contribution in [0.5, 0.6) is 0 Å². The van der Waals surface area contributed by atoms with Crippen molar-refractivity contribution in [3.63, 3.8) is 0 Å². The Balaban J connectivity index is 2.80. The Morgan fingerprint density at radius 3 is 2.79 bits per heavy atom. The molecule has 0 radical (unpaired) electrons. The van der Waals surface area contributed by atoms with Gasteiger partial charge >= 0.3 is 0 Å². The first-order valence-electron chi connectivity index (χ1n) is 4.59. The predicted molar refractivity (Wildman–Crippen MR) is 63.6 cm³/mol. The van der Waals surface area contributed by atoms with Crippen LogP contribution in [-0.4, -0.2) is 24.6 Å². The molecule has 0 aliphatic rings. The molecule has 1 rings (SSSR count). The maximum absolute atomic E-state index is 5.72. The summed E-state index contributed by atoms with van der Waals surface area (Å²) in [6.07, 6.45) is 1.82.